The van der Waals surface area contributed by atoms with Crippen LogP contribution in [0.1, 0.15) is 5.56 Å². The van der Waals surface area contributed by atoms with Crippen molar-refractivity contribution in [2.75, 3.05) is 13.2 Å². The molecule has 2 aromatic carbocycles. The van der Waals surface area contributed by atoms with Crippen molar-refractivity contribution in [3.8, 4) is 5.75 Å². The summed E-state index contributed by atoms with van der Waals surface area (Å²) in [5.41, 5.74) is 1.04. The molecule has 106 valence electrons. The lowest BCUT2D eigenvalue weighted by Crippen LogP contribution is -2.23. The number of hydrogen-bond donors (Lipinski definition) is 1. The third-order valence-corrected chi connectivity index (χ3v) is 2.69. The van der Waals surface area contributed by atoms with Gasteiger partial charge in [-0.2, -0.15) is 0 Å². The van der Waals surface area contributed by atoms with Gasteiger partial charge < -0.3 is 14.6 Å². The topological polar surface area (TPSA) is 38.7 Å². The van der Waals surface area contributed by atoms with E-state index in [9.17, 15) is 9.50 Å². The Balaban J connectivity index is 1.68. The first-order chi connectivity index (χ1) is 9.75. The zero-order chi connectivity index (χ0) is 14.2. The zero-order valence-corrected chi connectivity index (χ0v) is 11.0. The molecule has 3 nitrogen and oxygen atoms in total. The van der Waals surface area contributed by atoms with E-state index >= 15 is 0 Å². The summed E-state index contributed by atoms with van der Waals surface area (Å²) in [6, 6.07) is 15.8. The molecule has 0 aliphatic heterocycles. The first kappa shape index (κ1) is 14.5. The van der Waals surface area contributed by atoms with Gasteiger partial charge in [0.25, 0.3) is 0 Å². The molecule has 0 spiro atoms. The molecule has 0 aliphatic carbocycles. The van der Waals surface area contributed by atoms with Crippen molar-refractivity contribution in [2.45, 2.75) is 12.7 Å². The van der Waals surface area contributed by atoms with Gasteiger partial charge in [-0.15, -0.1) is 0 Å². The minimum atomic E-state index is -0.793. The Morgan fingerprint density at radius 1 is 0.950 bits per heavy atom. The Hall–Kier alpha value is -1.91. The van der Waals surface area contributed by atoms with E-state index in [0.29, 0.717) is 6.61 Å². The second kappa shape index (κ2) is 7.62. The maximum Gasteiger partial charge on any atom is 0.165 e. The van der Waals surface area contributed by atoms with Gasteiger partial charge >= 0.3 is 0 Å². The number of aliphatic hydroxyl groups is 1. The standard InChI is InChI=1S/C16H17FO3/c17-15-8-4-5-9-16(15)20-12-14(18)11-19-10-13-6-2-1-3-7-13/h1-9,14,18H,10-12H2/t14-/m0/s1. The molecule has 0 fully saturated rings. The fourth-order valence-corrected chi connectivity index (χ4v) is 1.68. The molecule has 0 radical (unpaired) electrons. The molecule has 1 atom stereocenters. The molecule has 2 rings (SSSR count). The lowest BCUT2D eigenvalue weighted by atomic mass is 10.2. The number of hydrogen-bond acceptors (Lipinski definition) is 3. The molecular weight excluding hydrogens is 259 g/mol. The second-order valence-electron chi connectivity index (χ2n) is 4.40. The normalized spacial score (nSPS) is 12.1. The first-order valence-corrected chi connectivity index (χ1v) is 6.43. The molecule has 0 saturated carbocycles. The number of halogens is 1. The Morgan fingerprint density at radius 2 is 1.65 bits per heavy atom. The van der Waals surface area contributed by atoms with Crippen LogP contribution in [0.3, 0.4) is 0 Å². The van der Waals surface area contributed by atoms with Crippen molar-refractivity contribution < 1.29 is 19.0 Å². The summed E-state index contributed by atoms with van der Waals surface area (Å²) in [6.07, 6.45) is -0.793. The highest BCUT2D eigenvalue weighted by Gasteiger charge is 2.08. The third kappa shape index (κ3) is 4.64. The molecule has 0 amide bonds. The van der Waals surface area contributed by atoms with Gasteiger partial charge in [-0.3, -0.25) is 0 Å². The van der Waals surface area contributed by atoms with Crippen LogP contribution in [0.5, 0.6) is 5.75 Å². The van der Waals surface area contributed by atoms with E-state index in [4.69, 9.17) is 9.47 Å². The molecule has 20 heavy (non-hydrogen) atoms. The molecule has 1 N–H and O–H groups in total. The monoisotopic (exact) mass is 276 g/mol. The largest absolute Gasteiger partial charge is 0.488 e. The molecule has 4 heteroatoms. The number of para-hydroxylation sites is 1. The summed E-state index contributed by atoms with van der Waals surface area (Å²) in [4.78, 5) is 0. The van der Waals surface area contributed by atoms with Crippen LogP contribution in [0.2, 0.25) is 0 Å². The summed E-state index contributed by atoms with van der Waals surface area (Å²) < 4.78 is 23.8. The van der Waals surface area contributed by atoms with Crippen molar-refractivity contribution in [3.63, 3.8) is 0 Å². The Bertz CT molecular complexity index is 516. The van der Waals surface area contributed by atoms with Gasteiger partial charge in [0.2, 0.25) is 0 Å². The number of aliphatic hydroxyl groups excluding tert-OH is 1. The number of rotatable bonds is 7. The lowest BCUT2D eigenvalue weighted by molar-refractivity contribution is 0.00485. The predicted octanol–water partition coefficient (Wildman–Crippen LogP) is 2.78. The van der Waals surface area contributed by atoms with E-state index in [2.05, 4.69) is 0 Å². The maximum atomic E-state index is 13.3. The van der Waals surface area contributed by atoms with E-state index < -0.39 is 11.9 Å². The Labute approximate surface area is 117 Å². The van der Waals surface area contributed by atoms with Crippen molar-refractivity contribution in [2.24, 2.45) is 0 Å². The highest BCUT2D eigenvalue weighted by Crippen LogP contribution is 2.15. The molecule has 0 bridgehead atoms. The van der Waals surface area contributed by atoms with Gasteiger partial charge in [0, 0.05) is 0 Å². The summed E-state index contributed by atoms with van der Waals surface area (Å²) in [7, 11) is 0. The molecule has 0 aromatic heterocycles. The zero-order valence-electron chi connectivity index (χ0n) is 11.0. The average Bonchev–Trinajstić information content (AvgIpc) is 2.47. The maximum absolute atomic E-state index is 13.3. The fourth-order valence-electron chi connectivity index (χ4n) is 1.68. The van der Waals surface area contributed by atoms with Crippen LogP contribution in [-0.2, 0) is 11.3 Å². The van der Waals surface area contributed by atoms with Crippen molar-refractivity contribution >= 4 is 0 Å². The van der Waals surface area contributed by atoms with Crippen molar-refractivity contribution in [1.29, 1.82) is 0 Å². The van der Waals surface area contributed by atoms with Gasteiger partial charge in [0.1, 0.15) is 12.7 Å². The quantitative estimate of drug-likeness (QED) is 0.845. The number of benzene rings is 2. The Kier molecular flexibility index (Phi) is 5.53. The summed E-state index contributed by atoms with van der Waals surface area (Å²) >= 11 is 0. The third-order valence-electron chi connectivity index (χ3n) is 2.69. The molecule has 0 heterocycles. The molecule has 0 unspecified atom stereocenters. The van der Waals surface area contributed by atoms with E-state index in [1.165, 1.54) is 12.1 Å². The van der Waals surface area contributed by atoms with Gasteiger partial charge in [-0.1, -0.05) is 42.5 Å². The van der Waals surface area contributed by atoms with Crippen LogP contribution >= 0.6 is 0 Å². The second-order valence-corrected chi connectivity index (χ2v) is 4.40. The minimum Gasteiger partial charge on any atom is -0.488 e. The van der Waals surface area contributed by atoms with E-state index in [1.54, 1.807) is 12.1 Å². The molecule has 0 aliphatic rings. The lowest BCUT2D eigenvalue weighted by Gasteiger charge is -2.13. The van der Waals surface area contributed by atoms with E-state index in [0.717, 1.165) is 5.56 Å². The van der Waals surface area contributed by atoms with Gasteiger partial charge in [0.05, 0.1) is 13.2 Å². The fraction of sp³-hybridized carbons (Fsp3) is 0.250. The van der Waals surface area contributed by atoms with Crippen LogP contribution in [0, 0.1) is 5.82 Å². The van der Waals surface area contributed by atoms with E-state index in [-0.39, 0.29) is 19.0 Å². The van der Waals surface area contributed by atoms with Crippen molar-refractivity contribution in [1.82, 2.24) is 0 Å². The van der Waals surface area contributed by atoms with Crippen LogP contribution in [0.25, 0.3) is 0 Å². The highest BCUT2D eigenvalue weighted by atomic mass is 19.1. The van der Waals surface area contributed by atoms with Crippen LogP contribution in [-0.4, -0.2) is 24.4 Å². The smallest absolute Gasteiger partial charge is 0.165 e. The molecule has 2 aromatic rings. The van der Waals surface area contributed by atoms with Gasteiger partial charge in [0.15, 0.2) is 11.6 Å². The predicted molar refractivity (Wildman–Crippen MR) is 74.0 cm³/mol. The van der Waals surface area contributed by atoms with Crippen LogP contribution in [0.4, 0.5) is 4.39 Å². The molecule has 0 saturated heterocycles. The first-order valence-electron chi connectivity index (χ1n) is 6.43. The summed E-state index contributed by atoms with van der Waals surface area (Å²) in [5, 5.41) is 9.71. The SMILES string of the molecule is O[C@@H](COCc1ccccc1)COc1ccccc1F. The average molecular weight is 276 g/mol. The van der Waals surface area contributed by atoms with Crippen LogP contribution in [0.15, 0.2) is 54.6 Å². The van der Waals surface area contributed by atoms with Crippen LogP contribution < -0.4 is 4.74 Å². The van der Waals surface area contributed by atoms with Gasteiger partial charge in [-0.25, -0.2) is 4.39 Å². The Morgan fingerprint density at radius 3 is 2.40 bits per heavy atom. The minimum absolute atomic E-state index is 0.00424. The van der Waals surface area contributed by atoms with Crippen molar-refractivity contribution in [3.05, 3.63) is 66.0 Å². The summed E-state index contributed by atoms with van der Waals surface area (Å²) in [6.45, 7) is 0.566. The highest BCUT2D eigenvalue weighted by molar-refractivity contribution is 5.23. The summed E-state index contributed by atoms with van der Waals surface area (Å²) in [5.74, 6) is -0.306. The number of ether oxygens (including phenoxy) is 2. The van der Waals surface area contributed by atoms with Gasteiger partial charge in [-0.05, 0) is 17.7 Å². The van der Waals surface area contributed by atoms with E-state index in [1.807, 2.05) is 30.3 Å². The molecular formula is C16H17FO3.